The summed E-state index contributed by atoms with van der Waals surface area (Å²) in [5.41, 5.74) is 5.71. The van der Waals surface area contributed by atoms with Crippen LogP contribution in [0.4, 0.5) is 5.69 Å². The molecule has 18 heavy (non-hydrogen) atoms. The first-order valence-corrected chi connectivity index (χ1v) is 5.90. The van der Waals surface area contributed by atoms with Gasteiger partial charge in [0.1, 0.15) is 0 Å². The van der Waals surface area contributed by atoms with Gasteiger partial charge >= 0.3 is 5.97 Å². The number of anilines is 1. The maximum Gasteiger partial charge on any atom is 0.332 e. The van der Waals surface area contributed by atoms with E-state index in [1.807, 2.05) is 0 Å². The predicted molar refractivity (Wildman–Crippen MR) is 69.7 cm³/mol. The molecule has 0 spiro atoms. The van der Waals surface area contributed by atoms with Crippen molar-refractivity contribution in [2.45, 2.75) is 13.0 Å². The van der Waals surface area contributed by atoms with Crippen molar-refractivity contribution in [3.8, 4) is 0 Å². The number of nitrogens with two attached hydrogens (primary N) is 1. The summed E-state index contributed by atoms with van der Waals surface area (Å²) in [4.78, 5) is 22.9. The third kappa shape index (κ3) is 3.60. The van der Waals surface area contributed by atoms with Crippen molar-refractivity contribution in [2.75, 3.05) is 11.9 Å². The Kier molecular flexibility index (Phi) is 5.40. The molecule has 0 aliphatic heterocycles. The molecule has 1 unspecified atom stereocenters. The molecule has 0 aliphatic rings. The number of ether oxygens (including phenoxy) is 1. The van der Waals surface area contributed by atoms with Crippen LogP contribution >= 0.6 is 23.2 Å². The fourth-order valence-electron chi connectivity index (χ4n) is 1.15. The van der Waals surface area contributed by atoms with Gasteiger partial charge in [0.2, 0.25) is 0 Å². The van der Waals surface area contributed by atoms with Crippen LogP contribution in [0.25, 0.3) is 0 Å². The zero-order valence-corrected chi connectivity index (χ0v) is 11.1. The number of amides is 1. The van der Waals surface area contributed by atoms with Crippen LogP contribution in [0.1, 0.15) is 6.92 Å². The van der Waals surface area contributed by atoms with Crippen LogP contribution in [0.15, 0.2) is 18.2 Å². The van der Waals surface area contributed by atoms with E-state index in [1.54, 1.807) is 25.1 Å². The molecule has 7 heteroatoms. The second-order valence-electron chi connectivity index (χ2n) is 3.32. The minimum Gasteiger partial charge on any atom is -0.464 e. The molecule has 0 heterocycles. The van der Waals surface area contributed by atoms with Crippen LogP contribution in [0.2, 0.25) is 10.0 Å². The number of benzene rings is 1. The quantitative estimate of drug-likeness (QED) is 0.655. The number of hydrogen-bond acceptors (Lipinski definition) is 4. The average molecular weight is 291 g/mol. The van der Waals surface area contributed by atoms with Gasteiger partial charge < -0.3 is 15.8 Å². The molecular formula is C11H12Cl2N2O3. The summed E-state index contributed by atoms with van der Waals surface area (Å²) in [6, 6.07) is 3.33. The molecule has 1 rings (SSSR count). The number of halogens is 2. The number of carbonyl (C=O) groups excluding carboxylic acids is 2. The van der Waals surface area contributed by atoms with Gasteiger partial charge in [-0.05, 0) is 19.1 Å². The number of nitrogens with one attached hydrogen (secondary N) is 1. The van der Waals surface area contributed by atoms with Gasteiger partial charge in [0, 0.05) is 0 Å². The highest BCUT2D eigenvalue weighted by atomic mass is 35.5. The van der Waals surface area contributed by atoms with Crippen LogP contribution in [0.5, 0.6) is 0 Å². The van der Waals surface area contributed by atoms with Gasteiger partial charge in [0.05, 0.1) is 22.3 Å². The second-order valence-corrected chi connectivity index (χ2v) is 4.11. The van der Waals surface area contributed by atoms with Crippen molar-refractivity contribution in [2.24, 2.45) is 5.73 Å². The lowest BCUT2D eigenvalue weighted by molar-refractivity contribution is -0.146. The highest BCUT2D eigenvalue weighted by Crippen LogP contribution is 2.29. The van der Waals surface area contributed by atoms with Crippen molar-refractivity contribution in [1.29, 1.82) is 0 Å². The standard InChI is InChI=1S/C11H12Cl2N2O3/c1-2-18-11(17)9(14)10(16)15-7-5-3-4-6(12)8(7)13/h3-5,9H,2,14H2,1H3,(H,15,16). The molecule has 1 amide bonds. The number of rotatable bonds is 4. The van der Waals surface area contributed by atoms with Gasteiger partial charge in [-0.3, -0.25) is 4.79 Å². The Bertz CT molecular complexity index is 466. The van der Waals surface area contributed by atoms with E-state index in [9.17, 15) is 9.59 Å². The van der Waals surface area contributed by atoms with Gasteiger partial charge in [-0.15, -0.1) is 0 Å². The predicted octanol–water partition coefficient (Wildman–Crippen LogP) is 1.82. The molecule has 0 bridgehead atoms. The van der Waals surface area contributed by atoms with Crippen LogP contribution in [-0.2, 0) is 14.3 Å². The SMILES string of the molecule is CCOC(=O)C(N)C(=O)Nc1cccc(Cl)c1Cl. The summed E-state index contributed by atoms with van der Waals surface area (Å²) in [5.74, 6) is -1.51. The molecule has 0 saturated heterocycles. The van der Waals surface area contributed by atoms with Crippen LogP contribution in [-0.4, -0.2) is 24.5 Å². The molecule has 98 valence electrons. The Hall–Kier alpha value is -1.30. The summed E-state index contributed by atoms with van der Waals surface area (Å²) < 4.78 is 4.63. The third-order valence-corrected chi connectivity index (χ3v) is 2.85. The minimum absolute atomic E-state index is 0.151. The molecule has 0 aromatic heterocycles. The molecule has 0 saturated carbocycles. The lowest BCUT2D eigenvalue weighted by Crippen LogP contribution is -2.43. The fourth-order valence-corrected chi connectivity index (χ4v) is 1.50. The van der Waals surface area contributed by atoms with E-state index in [0.717, 1.165) is 0 Å². The van der Waals surface area contributed by atoms with E-state index in [0.29, 0.717) is 5.02 Å². The van der Waals surface area contributed by atoms with Crippen molar-refractivity contribution in [1.82, 2.24) is 0 Å². The maximum absolute atomic E-state index is 11.7. The van der Waals surface area contributed by atoms with Gasteiger partial charge in [-0.2, -0.15) is 0 Å². The molecule has 5 nitrogen and oxygen atoms in total. The zero-order valence-electron chi connectivity index (χ0n) is 9.57. The van der Waals surface area contributed by atoms with E-state index < -0.39 is 17.9 Å². The lowest BCUT2D eigenvalue weighted by Gasteiger charge is -2.12. The monoisotopic (exact) mass is 290 g/mol. The Labute approximate surface area is 114 Å². The molecule has 3 N–H and O–H groups in total. The number of carbonyl (C=O) groups is 2. The molecule has 0 radical (unpaired) electrons. The zero-order chi connectivity index (χ0) is 13.7. The average Bonchev–Trinajstić information content (AvgIpc) is 2.34. The summed E-state index contributed by atoms with van der Waals surface area (Å²) >= 11 is 11.7. The Morgan fingerprint density at radius 1 is 1.44 bits per heavy atom. The van der Waals surface area contributed by atoms with Crippen molar-refractivity contribution in [3.05, 3.63) is 28.2 Å². The van der Waals surface area contributed by atoms with E-state index in [-0.39, 0.29) is 17.3 Å². The largest absolute Gasteiger partial charge is 0.464 e. The first-order valence-electron chi connectivity index (χ1n) is 5.14. The van der Waals surface area contributed by atoms with Gasteiger partial charge in [-0.25, -0.2) is 4.79 Å². The fraction of sp³-hybridized carbons (Fsp3) is 0.273. The number of esters is 1. The maximum atomic E-state index is 11.7. The molecule has 1 aromatic carbocycles. The van der Waals surface area contributed by atoms with E-state index in [4.69, 9.17) is 28.9 Å². The van der Waals surface area contributed by atoms with Gasteiger partial charge in [0.15, 0.2) is 6.04 Å². The molecular weight excluding hydrogens is 279 g/mol. The first kappa shape index (κ1) is 14.8. The normalized spacial score (nSPS) is 11.8. The Balaban J connectivity index is 2.75. The summed E-state index contributed by atoms with van der Waals surface area (Å²) in [5, 5.41) is 2.88. The molecule has 1 aromatic rings. The van der Waals surface area contributed by atoms with Gasteiger partial charge in [-0.1, -0.05) is 29.3 Å². The van der Waals surface area contributed by atoms with Crippen LogP contribution in [0, 0.1) is 0 Å². The smallest absolute Gasteiger partial charge is 0.332 e. The Morgan fingerprint density at radius 3 is 2.72 bits per heavy atom. The van der Waals surface area contributed by atoms with E-state index >= 15 is 0 Å². The topological polar surface area (TPSA) is 81.4 Å². The third-order valence-electron chi connectivity index (χ3n) is 2.03. The molecule has 0 fully saturated rings. The second kappa shape index (κ2) is 6.58. The van der Waals surface area contributed by atoms with Gasteiger partial charge in [0.25, 0.3) is 5.91 Å². The van der Waals surface area contributed by atoms with Crippen molar-refractivity contribution in [3.63, 3.8) is 0 Å². The van der Waals surface area contributed by atoms with Crippen molar-refractivity contribution < 1.29 is 14.3 Å². The summed E-state index contributed by atoms with van der Waals surface area (Å²) in [7, 11) is 0. The summed E-state index contributed by atoms with van der Waals surface area (Å²) in [6.07, 6.45) is 0. The molecule has 1 atom stereocenters. The first-order chi connectivity index (χ1) is 8.47. The van der Waals surface area contributed by atoms with Crippen LogP contribution in [0.3, 0.4) is 0 Å². The Morgan fingerprint density at radius 2 is 2.11 bits per heavy atom. The highest BCUT2D eigenvalue weighted by Gasteiger charge is 2.24. The van der Waals surface area contributed by atoms with E-state index in [2.05, 4.69) is 10.1 Å². The number of hydrogen-bond donors (Lipinski definition) is 2. The molecule has 0 aliphatic carbocycles. The van der Waals surface area contributed by atoms with E-state index in [1.165, 1.54) is 0 Å². The summed E-state index contributed by atoms with van der Waals surface area (Å²) in [6.45, 7) is 1.77. The van der Waals surface area contributed by atoms with Crippen molar-refractivity contribution >= 4 is 40.8 Å². The lowest BCUT2D eigenvalue weighted by atomic mass is 10.2. The minimum atomic E-state index is -1.40. The highest BCUT2D eigenvalue weighted by molar-refractivity contribution is 6.44. The van der Waals surface area contributed by atoms with Crippen LogP contribution < -0.4 is 11.1 Å².